The molecule has 0 amide bonds. The Labute approximate surface area is 168 Å². The van der Waals surface area contributed by atoms with E-state index in [9.17, 15) is 19.7 Å². The van der Waals surface area contributed by atoms with Crippen LogP contribution >= 0.6 is 0 Å². The van der Waals surface area contributed by atoms with Crippen LogP contribution in [0.25, 0.3) is 0 Å². The lowest BCUT2D eigenvalue weighted by atomic mass is 9.84. The topological polar surface area (TPSA) is 95.7 Å². The van der Waals surface area contributed by atoms with Crippen LogP contribution in [0.15, 0.2) is 48.5 Å². The van der Waals surface area contributed by atoms with Gasteiger partial charge in [-0.25, -0.2) is 4.79 Å². The molecule has 0 saturated heterocycles. The van der Waals surface area contributed by atoms with E-state index >= 15 is 0 Å². The van der Waals surface area contributed by atoms with E-state index in [-0.39, 0.29) is 17.9 Å². The van der Waals surface area contributed by atoms with Gasteiger partial charge in [-0.05, 0) is 48.6 Å². The van der Waals surface area contributed by atoms with Gasteiger partial charge in [0.2, 0.25) is 0 Å². The van der Waals surface area contributed by atoms with Crippen molar-refractivity contribution in [3.8, 4) is 5.75 Å². The van der Waals surface area contributed by atoms with Crippen molar-refractivity contribution in [2.24, 2.45) is 0 Å². The maximum atomic E-state index is 12.0. The molecule has 1 saturated carbocycles. The molecule has 0 heterocycles. The molecule has 0 atom stereocenters. The zero-order valence-electron chi connectivity index (χ0n) is 16.0. The highest BCUT2D eigenvalue weighted by molar-refractivity contribution is 5.98. The van der Waals surface area contributed by atoms with Crippen molar-refractivity contribution in [3.05, 3.63) is 69.8 Å². The lowest BCUT2D eigenvalue weighted by Gasteiger charge is -2.22. The minimum atomic E-state index is -0.656. The van der Waals surface area contributed by atoms with Gasteiger partial charge >= 0.3 is 5.97 Å². The Morgan fingerprint density at radius 2 is 1.59 bits per heavy atom. The zero-order chi connectivity index (χ0) is 20.6. The Morgan fingerprint density at radius 3 is 2.21 bits per heavy atom. The van der Waals surface area contributed by atoms with Gasteiger partial charge in [0.1, 0.15) is 5.75 Å². The highest BCUT2D eigenvalue weighted by Gasteiger charge is 2.16. The van der Waals surface area contributed by atoms with Crippen LogP contribution in [0.3, 0.4) is 0 Å². The van der Waals surface area contributed by atoms with E-state index < -0.39 is 23.3 Å². The highest BCUT2D eigenvalue weighted by Crippen LogP contribution is 2.33. The minimum Gasteiger partial charge on any atom is -0.482 e. The number of carbonyl (C=O) groups excluding carboxylic acids is 2. The largest absolute Gasteiger partial charge is 0.482 e. The number of ketones is 1. The molecule has 0 radical (unpaired) electrons. The second-order valence-corrected chi connectivity index (χ2v) is 7.08. The van der Waals surface area contributed by atoms with Crippen LogP contribution in [0.2, 0.25) is 0 Å². The van der Waals surface area contributed by atoms with E-state index in [4.69, 9.17) is 9.47 Å². The third-order valence-electron chi connectivity index (χ3n) is 5.08. The molecule has 0 unspecified atom stereocenters. The first kappa shape index (κ1) is 20.5. The summed E-state index contributed by atoms with van der Waals surface area (Å²) in [4.78, 5) is 33.9. The number of hydrogen-bond donors (Lipinski definition) is 0. The molecule has 0 aliphatic heterocycles. The van der Waals surface area contributed by atoms with Crippen molar-refractivity contribution >= 4 is 17.4 Å². The number of benzene rings is 2. The third kappa shape index (κ3) is 5.88. The number of hydrogen-bond acceptors (Lipinski definition) is 6. The third-order valence-corrected chi connectivity index (χ3v) is 5.08. The van der Waals surface area contributed by atoms with Gasteiger partial charge < -0.3 is 9.47 Å². The quantitative estimate of drug-likeness (QED) is 0.283. The normalized spacial score (nSPS) is 14.2. The van der Waals surface area contributed by atoms with Gasteiger partial charge in [-0.1, -0.05) is 31.4 Å². The zero-order valence-corrected chi connectivity index (χ0v) is 16.0. The summed E-state index contributed by atoms with van der Waals surface area (Å²) in [6.07, 6.45) is 6.29. The maximum Gasteiger partial charge on any atom is 0.344 e. The molecule has 29 heavy (non-hydrogen) atoms. The van der Waals surface area contributed by atoms with E-state index in [0.29, 0.717) is 11.7 Å². The van der Waals surface area contributed by atoms with Crippen LogP contribution in [0.5, 0.6) is 5.75 Å². The number of Topliss-reactive ketones (excluding diaryl/α,β-unsaturated/α-hetero) is 1. The lowest BCUT2D eigenvalue weighted by Crippen LogP contribution is -2.19. The number of carbonyl (C=O) groups is 2. The van der Waals surface area contributed by atoms with E-state index in [1.165, 1.54) is 61.9 Å². The molecule has 2 aromatic carbocycles. The molecule has 0 bridgehead atoms. The number of rotatable bonds is 8. The van der Waals surface area contributed by atoms with Crippen LogP contribution in [-0.4, -0.2) is 29.9 Å². The molecule has 3 rings (SSSR count). The van der Waals surface area contributed by atoms with Crippen molar-refractivity contribution in [3.63, 3.8) is 0 Å². The Morgan fingerprint density at radius 1 is 0.931 bits per heavy atom. The van der Waals surface area contributed by atoms with Gasteiger partial charge in [-0.15, -0.1) is 0 Å². The number of esters is 1. The molecule has 7 nitrogen and oxygen atoms in total. The van der Waals surface area contributed by atoms with Crippen LogP contribution in [0.4, 0.5) is 5.69 Å². The van der Waals surface area contributed by atoms with Gasteiger partial charge in [0.15, 0.2) is 19.0 Å². The standard InChI is InChI=1S/C22H23NO6/c24-21(18-6-10-19(11-7-18)23(26)27)14-29-22(25)15-28-20-12-8-17(9-13-20)16-4-2-1-3-5-16/h6-13,16H,1-5,14-15H2. The van der Waals surface area contributed by atoms with Crippen molar-refractivity contribution in [1.29, 1.82) is 0 Å². The fourth-order valence-corrected chi connectivity index (χ4v) is 3.45. The van der Waals surface area contributed by atoms with E-state index in [1.54, 1.807) is 0 Å². The molecule has 1 aliphatic carbocycles. The number of nitrogens with zero attached hydrogens (tertiary/aromatic N) is 1. The highest BCUT2D eigenvalue weighted by atomic mass is 16.6. The summed E-state index contributed by atoms with van der Waals surface area (Å²) < 4.78 is 10.4. The van der Waals surface area contributed by atoms with Gasteiger partial charge in [0.05, 0.1) is 4.92 Å². The van der Waals surface area contributed by atoms with Gasteiger partial charge in [0.25, 0.3) is 5.69 Å². The van der Waals surface area contributed by atoms with Crippen LogP contribution < -0.4 is 4.74 Å². The summed E-state index contributed by atoms with van der Waals surface area (Å²) in [5.74, 6) is 0.0816. The first-order valence-corrected chi connectivity index (χ1v) is 9.69. The minimum absolute atomic E-state index is 0.110. The molecule has 0 N–H and O–H groups in total. The summed E-state index contributed by atoms with van der Waals surface area (Å²) in [5, 5.41) is 10.6. The van der Waals surface area contributed by atoms with Crippen LogP contribution in [0, 0.1) is 10.1 Å². The van der Waals surface area contributed by atoms with E-state index in [0.717, 1.165) is 0 Å². The Bertz CT molecular complexity index is 854. The van der Waals surface area contributed by atoms with Gasteiger partial charge in [-0.3, -0.25) is 14.9 Å². The smallest absolute Gasteiger partial charge is 0.344 e. The molecule has 0 spiro atoms. The predicted octanol–water partition coefficient (Wildman–Crippen LogP) is 4.45. The fraction of sp³-hybridized carbons (Fsp3) is 0.364. The molecule has 2 aromatic rings. The Hall–Kier alpha value is -3.22. The Kier molecular flexibility index (Phi) is 6.94. The molecular formula is C22H23NO6. The average molecular weight is 397 g/mol. The lowest BCUT2D eigenvalue weighted by molar-refractivity contribution is -0.384. The molecule has 1 aliphatic rings. The first-order chi connectivity index (χ1) is 14.0. The van der Waals surface area contributed by atoms with E-state index in [1.807, 2.05) is 24.3 Å². The molecular weight excluding hydrogens is 374 g/mol. The van der Waals surface area contributed by atoms with Crippen molar-refractivity contribution in [2.45, 2.75) is 38.0 Å². The second-order valence-electron chi connectivity index (χ2n) is 7.08. The molecule has 1 fully saturated rings. The monoisotopic (exact) mass is 397 g/mol. The molecule has 0 aromatic heterocycles. The van der Waals surface area contributed by atoms with Crippen molar-refractivity contribution in [2.75, 3.05) is 13.2 Å². The first-order valence-electron chi connectivity index (χ1n) is 9.69. The number of nitro benzene ring substituents is 1. The van der Waals surface area contributed by atoms with Gasteiger partial charge in [-0.2, -0.15) is 0 Å². The van der Waals surface area contributed by atoms with Crippen LogP contribution in [-0.2, 0) is 9.53 Å². The summed E-state index contributed by atoms with van der Waals surface area (Å²) in [5.41, 5.74) is 1.43. The van der Waals surface area contributed by atoms with Gasteiger partial charge in [0, 0.05) is 17.7 Å². The molecule has 7 heteroatoms. The SMILES string of the molecule is O=C(COc1ccc(C2CCCCC2)cc1)OCC(=O)c1ccc([N+](=O)[O-])cc1. The summed E-state index contributed by atoms with van der Waals surface area (Å²) >= 11 is 0. The van der Waals surface area contributed by atoms with Crippen molar-refractivity contribution < 1.29 is 24.0 Å². The fourth-order valence-electron chi connectivity index (χ4n) is 3.45. The number of non-ortho nitro benzene ring substituents is 1. The number of nitro groups is 1. The Balaban J connectivity index is 1.42. The summed E-state index contributed by atoms with van der Waals surface area (Å²) in [7, 11) is 0. The predicted molar refractivity (Wildman–Crippen MR) is 106 cm³/mol. The summed E-state index contributed by atoms with van der Waals surface area (Å²) in [6, 6.07) is 12.9. The van der Waals surface area contributed by atoms with Crippen LogP contribution in [0.1, 0.15) is 53.9 Å². The van der Waals surface area contributed by atoms with Crippen molar-refractivity contribution in [1.82, 2.24) is 0 Å². The maximum absolute atomic E-state index is 12.0. The molecule has 152 valence electrons. The second kappa shape index (κ2) is 9.82. The average Bonchev–Trinajstić information content (AvgIpc) is 2.77. The summed E-state index contributed by atoms with van der Waals surface area (Å²) in [6.45, 7) is -0.739. The van der Waals surface area contributed by atoms with E-state index in [2.05, 4.69) is 0 Å². The number of ether oxygens (including phenoxy) is 2.